The van der Waals surface area contributed by atoms with E-state index in [1.807, 2.05) is 12.4 Å². The van der Waals surface area contributed by atoms with Gasteiger partial charge < -0.3 is 0 Å². The predicted octanol–water partition coefficient (Wildman–Crippen LogP) is 16.2. The van der Waals surface area contributed by atoms with Crippen molar-refractivity contribution in [3.63, 3.8) is 0 Å². The van der Waals surface area contributed by atoms with Gasteiger partial charge in [-0.05, 0) is 114 Å². The molecular formula is C49H83N. The van der Waals surface area contributed by atoms with Crippen LogP contribution in [0.2, 0.25) is 0 Å². The molecule has 0 saturated heterocycles. The van der Waals surface area contributed by atoms with Crippen LogP contribution in [0, 0.1) is 41.4 Å². The Labute approximate surface area is 313 Å². The lowest BCUT2D eigenvalue weighted by Crippen LogP contribution is -2.09. The van der Waals surface area contributed by atoms with Crippen LogP contribution in [0.5, 0.6) is 0 Å². The van der Waals surface area contributed by atoms with Gasteiger partial charge in [-0.2, -0.15) is 0 Å². The topological polar surface area (TPSA) is 12.9 Å². The maximum atomic E-state index is 4.02. The molecule has 0 aliphatic heterocycles. The van der Waals surface area contributed by atoms with Crippen LogP contribution in [0.25, 0.3) is 0 Å². The minimum absolute atomic E-state index is 0. The van der Waals surface area contributed by atoms with Crippen LogP contribution in [-0.2, 0) is 0 Å². The fraction of sp³-hybridized carbons (Fsp3) is 0.653. The maximum Gasteiger partial charge on any atom is 0.0270 e. The first kappa shape index (κ1) is 47.6. The van der Waals surface area contributed by atoms with Crippen molar-refractivity contribution >= 4 is 0 Å². The molecule has 0 unspecified atom stereocenters. The molecular weight excluding hydrogens is 603 g/mol. The van der Waals surface area contributed by atoms with Crippen molar-refractivity contribution in [2.45, 2.75) is 181 Å². The van der Waals surface area contributed by atoms with Gasteiger partial charge in [0.25, 0.3) is 0 Å². The smallest absolute Gasteiger partial charge is 0.0270 e. The monoisotopic (exact) mass is 686 g/mol. The molecule has 3 atom stereocenters. The number of hydrogen-bond acceptors (Lipinski definition) is 1. The van der Waals surface area contributed by atoms with Gasteiger partial charge >= 0.3 is 0 Å². The number of pyridine rings is 1. The van der Waals surface area contributed by atoms with Gasteiger partial charge in [-0.3, -0.25) is 4.98 Å². The van der Waals surface area contributed by atoms with Crippen LogP contribution in [-0.4, -0.2) is 4.98 Å². The summed E-state index contributed by atoms with van der Waals surface area (Å²) < 4.78 is 0. The largest absolute Gasteiger partial charge is 0.265 e. The number of benzene rings is 2. The summed E-state index contributed by atoms with van der Waals surface area (Å²) in [5.74, 6) is 3.05. The van der Waals surface area contributed by atoms with E-state index in [4.69, 9.17) is 0 Å². The van der Waals surface area contributed by atoms with Crippen molar-refractivity contribution in [3.8, 4) is 0 Å². The minimum atomic E-state index is 0. The van der Waals surface area contributed by atoms with E-state index in [0.717, 1.165) is 5.92 Å². The molecule has 2 aromatic carbocycles. The van der Waals surface area contributed by atoms with Crippen LogP contribution < -0.4 is 0 Å². The van der Waals surface area contributed by atoms with Gasteiger partial charge in [0.1, 0.15) is 0 Å². The summed E-state index contributed by atoms with van der Waals surface area (Å²) >= 11 is 0. The lowest BCUT2D eigenvalue weighted by Gasteiger charge is -2.23. The Kier molecular flexibility index (Phi) is 20.2. The molecule has 1 fully saturated rings. The molecule has 284 valence electrons. The van der Waals surface area contributed by atoms with E-state index >= 15 is 0 Å². The summed E-state index contributed by atoms with van der Waals surface area (Å²) in [5.41, 5.74) is 8.84. The highest BCUT2D eigenvalue weighted by molar-refractivity contribution is 5.25. The van der Waals surface area contributed by atoms with Gasteiger partial charge in [0.05, 0.1) is 0 Å². The molecule has 1 aromatic heterocycles. The summed E-state index contributed by atoms with van der Waals surface area (Å²) in [7, 11) is 0. The summed E-state index contributed by atoms with van der Waals surface area (Å²) in [6.07, 6.45) is 11.9. The van der Waals surface area contributed by atoms with Crippen molar-refractivity contribution in [3.05, 3.63) is 101 Å². The van der Waals surface area contributed by atoms with Crippen molar-refractivity contribution in [1.29, 1.82) is 0 Å². The predicted molar refractivity (Wildman–Crippen MR) is 228 cm³/mol. The Morgan fingerprint density at radius 2 is 0.760 bits per heavy atom. The molecule has 0 N–H and O–H groups in total. The number of rotatable bonds is 7. The van der Waals surface area contributed by atoms with Crippen LogP contribution in [0.4, 0.5) is 0 Å². The van der Waals surface area contributed by atoms with E-state index in [1.54, 1.807) is 0 Å². The van der Waals surface area contributed by atoms with E-state index in [9.17, 15) is 0 Å². The van der Waals surface area contributed by atoms with Crippen molar-refractivity contribution in [1.82, 2.24) is 4.98 Å². The minimum Gasteiger partial charge on any atom is -0.265 e. The Balaban J connectivity index is 0.000000647. The molecule has 3 aromatic rings. The van der Waals surface area contributed by atoms with Crippen molar-refractivity contribution in [2.75, 3.05) is 0 Å². The number of aromatic nitrogens is 1. The molecule has 0 spiro atoms. The van der Waals surface area contributed by atoms with Gasteiger partial charge in [0, 0.05) is 12.4 Å². The van der Waals surface area contributed by atoms with E-state index < -0.39 is 0 Å². The van der Waals surface area contributed by atoms with Gasteiger partial charge in [0.2, 0.25) is 0 Å². The molecule has 1 saturated carbocycles. The van der Waals surface area contributed by atoms with Gasteiger partial charge in [0.15, 0.2) is 0 Å². The Hall–Kier alpha value is -2.41. The first-order valence-corrected chi connectivity index (χ1v) is 19.4. The molecule has 1 heterocycles. The fourth-order valence-corrected chi connectivity index (χ4v) is 6.78. The zero-order valence-corrected chi connectivity index (χ0v) is 35.4. The summed E-state index contributed by atoms with van der Waals surface area (Å²) in [5, 5.41) is 0. The Morgan fingerprint density at radius 1 is 0.480 bits per heavy atom. The van der Waals surface area contributed by atoms with Gasteiger partial charge in [-0.15, -0.1) is 0 Å². The fourth-order valence-electron chi connectivity index (χ4n) is 6.78. The van der Waals surface area contributed by atoms with Crippen LogP contribution in [0.3, 0.4) is 0 Å². The lowest BCUT2D eigenvalue weighted by molar-refractivity contribution is 0.348. The highest BCUT2D eigenvalue weighted by Crippen LogP contribution is 2.39. The highest BCUT2D eigenvalue weighted by Gasteiger charge is 2.26. The van der Waals surface area contributed by atoms with E-state index in [0.29, 0.717) is 39.4 Å². The normalized spacial score (nSPS) is 15.0. The standard InChI is InChI=1S/2C14H22.C12H19N.C8H16.CH4/c2*1-11-6-8-13(9-7-11)12(2)10-14(3,4)5;1-10(9-12(2,3)4)11-5-7-13-8-6-11;1-8(2,3)6-7-4-5-7;/h2*6-9,12H,10H2,1-5H3;5-8,10H,9H2,1-4H3;7H,4-6H2,1-3H3;1H4/t2*12-;10-;;/m111../s1. The molecule has 50 heavy (non-hydrogen) atoms. The average molecular weight is 686 g/mol. The summed E-state index contributed by atoms with van der Waals surface area (Å²) in [6.45, 7) is 38.8. The second kappa shape index (κ2) is 21.2. The first-order chi connectivity index (χ1) is 22.3. The third-order valence-electron chi connectivity index (χ3n) is 8.92. The molecule has 0 amide bonds. The van der Waals surface area contributed by atoms with Gasteiger partial charge in [-0.25, -0.2) is 0 Å². The van der Waals surface area contributed by atoms with Crippen LogP contribution in [0.15, 0.2) is 73.1 Å². The van der Waals surface area contributed by atoms with Gasteiger partial charge in [-0.1, -0.05) is 184 Å². The van der Waals surface area contributed by atoms with Crippen LogP contribution in [0.1, 0.15) is 195 Å². The van der Waals surface area contributed by atoms with Crippen LogP contribution >= 0.6 is 0 Å². The third-order valence-corrected chi connectivity index (χ3v) is 8.92. The molecule has 0 radical (unpaired) electrons. The zero-order chi connectivity index (χ0) is 37.6. The number of hydrogen-bond donors (Lipinski definition) is 0. The molecule has 1 aliphatic carbocycles. The molecule has 1 aliphatic rings. The Morgan fingerprint density at radius 3 is 0.980 bits per heavy atom. The summed E-state index contributed by atoms with van der Waals surface area (Å²) in [4.78, 5) is 4.02. The first-order valence-electron chi connectivity index (χ1n) is 19.4. The molecule has 1 heteroatoms. The molecule has 4 rings (SSSR count). The highest BCUT2D eigenvalue weighted by atomic mass is 14.6. The van der Waals surface area contributed by atoms with Crippen molar-refractivity contribution in [2.24, 2.45) is 27.6 Å². The molecule has 1 nitrogen and oxygen atoms in total. The second-order valence-electron chi connectivity index (χ2n) is 20.3. The zero-order valence-electron chi connectivity index (χ0n) is 35.4. The lowest BCUT2D eigenvalue weighted by atomic mass is 9.82. The SMILES string of the molecule is C.CC(C)(C)CC1CC1.C[C@H](CC(C)(C)C)c1ccncc1.Cc1ccc([C@H](C)CC(C)(C)C)cc1.Cc1ccc([C@H](C)CC(C)(C)C)cc1. The second-order valence-corrected chi connectivity index (χ2v) is 20.3. The quantitative estimate of drug-likeness (QED) is 0.241. The average Bonchev–Trinajstić information content (AvgIpc) is 3.75. The van der Waals surface area contributed by atoms with Crippen molar-refractivity contribution < 1.29 is 0 Å². The Bertz CT molecular complexity index is 1200. The number of aryl methyl sites for hydroxylation is 2. The third kappa shape index (κ3) is 24.7. The number of nitrogens with zero attached hydrogens (tertiary/aromatic N) is 1. The summed E-state index contributed by atoms with van der Waals surface area (Å²) in [6, 6.07) is 22.0. The van der Waals surface area contributed by atoms with E-state index in [-0.39, 0.29) is 7.43 Å². The van der Waals surface area contributed by atoms with E-state index in [1.165, 1.54) is 66.3 Å². The maximum absolute atomic E-state index is 4.02. The van der Waals surface area contributed by atoms with E-state index in [2.05, 4.69) is 183 Å². The molecule has 0 bridgehead atoms.